The molecule has 0 spiro atoms. The van der Waals surface area contributed by atoms with Crippen molar-refractivity contribution in [1.82, 2.24) is 0 Å². The standard InChI is InChI=1S/C14H16N2O2/c1-11-4-6-12(7-5-11)16(9-8-15)14(17)13-3-2-10-18-13/h2-7,10H,8-9,15H2,1H3. The molecule has 1 amide bonds. The second kappa shape index (κ2) is 5.51. The summed E-state index contributed by atoms with van der Waals surface area (Å²) in [6.07, 6.45) is 1.49. The van der Waals surface area contributed by atoms with Gasteiger partial charge in [-0.2, -0.15) is 0 Å². The molecule has 4 nitrogen and oxygen atoms in total. The molecule has 2 aromatic rings. The summed E-state index contributed by atoms with van der Waals surface area (Å²) >= 11 is 0. The van der Waals surface area contributed by atoms with E-state index in [0.717, 1.165) is 11.3 Å². The van der Waals surface area contributed by atoms with E-state index in [-0.39, 0.29) is 5.91 Å². The van der Waals surface area contributed by atoms with Crippen LogP contribution in [0.1, 0.15) is 16.1 Å². The Hall–Kier alpha value is -2.07. The molecule has 1 aromatic carbocycles. The molecule has 0 saturated carbocycles. The third kappa shape index (κ3) is 2.60. The van der Waals surface area contributed by atoms with Gasteiger partial charge in [-0.1, -0.05) is 17.7 Å². The van der Waals surface area contributed by atoms with Crippen LogP contribution < -0.4 is 10.6 Å². The highest BCUT2D eigenvalue weighted by Crippen LogP contribution is 2.17. The van der Waals surface area contributed by atoms with E-state index in [2.05, 4.69) is 0 Å². The number of aryl methyl sites for hydroxylation is 1. The fraction of sp³-hybridized carbons (Fsp3) is 0.214. The van der Waals surface area contributed by atoms with Crippen molar-refractivity contribution < 1.29 is 9.21 Å². The lowest BCUT2D eigenvalue weighted by Gasteiger charge is -2.21. The van der Waals surface area contributed by atoms with Gasteiger partial charge in [0.2, 0.25) is 0 Å². The van der Waals surface area contributed by atoms with E-state index in [1.807, 2.05) is 31.2 Å². The number of hydrogen-bond donors (Lipinski definition) is 1. The van der Waals surface area contributed by atoms with E-state index in [1.165, 1.54) is 6.26 Å². The zero-order valence-electron chi connectivity index (χ0n) is 10.3. The second-order valence-corrected chi connectivity index (χ2v) is 4.06. The summed E-state index contributed by atoms with van der Waals surface area (Å²) in [5, 5.41) is 0. The van der Waals surface area contributed by atoms with Gasteiger partial charge in [-0.25, -0.2) is 0 Å². The van der Waals surface area contributed by atoms with Crippen LogP contribution in [0.5, 0.6) is 0 Å². The SMILES string of the molecule is Cc1ccc(N(CCN)C(=O)c2ccco2)cc1. The molecule has 1 aromatic heterocycles. The molecule has 0 radical (unpaired) electrons. The van der Waals surface area contributed by atoms with Crippen molar-refractivity contribution in [1.29, 1.82) is 0 Å². The summed E-state index contributed by atoms with van der Waals surface area (Å²) in [7, 11) is 0. The summed E-state index contributed by atoms with van der Waals surface area (Å²) < 4.78 is 5.14. The Kier molecular flexibility index (Phi) is 3.79. The first-order chi connectivity index (χ1) is 8.72. The van der Waals surface area contributed by atoms with Crippen LogP contribution in [0.2, 0.25) is 0 Å². The van der Waals surface area contributed by atoms with Gasteiger partial charge in [0, 0.05) is 18.8 Å². The Morgan fingerprint density at radius 3 is 2.56 bits per heavy atom. The highest BCUT2D eigenvalue weighted by Gasteiger charge is 2.18. The van der Waals surface area contributed by atoms with Crippen molar-refractivity contribution >= 4 is 11.6 Å². The second-order valence-electron chi connectivity index (χ2n) is 4.06. The topological polar surface area (TPSA) is 59.5 Å². The Morgan fingerprint density at radius 2 is 2.00 bits per heavy atom. The molecule has 0 bridgehead atoms. The van der Waals surface area contributed by atoms with Crippen LogP contribution in [-0.4, -0.2) is 19.0 Å². The molecule has 0 unspecified atom stereocenters. The number of furan rings is 1. The average Bonchev–Trinajstić information content (AvgIpc) is 2.90. The van der Waals surface area contributed by atoms with Crippen molar-refractivity contribution in [2.75, 3.05) is 18.0 Å². The fourth-order valence-electron chi connectivity index (χ4n) is 1.73. The van der Waals surface area contributed by atoms with Gasteiger partial charge in [-0.05, 0) is 31.2 Å². The van der Waals surface area contributed by atoms with Gasteiger partial charge >= 0.3 is 0 Å². The molecule has 2 N–H and O–H groups in total. The van der Waals surface area contributed by atoms with E-state index in [4.69, 9.17) is 10.2 Å². The summed E-state index contributed by atoms with van der Waals surface area (Å²) in [4.78, 5) is 13.9. The van der Waals surface area contributed by atoms with Gasteiger partial charge in [0.15, 0.2) is 5.76 Å². The molecule has 1 heterocycles. The normalized spacial score (nSPS) is 10.3. The van der Waals surface area contributed by atoms with E-state index in [0.29, 0.717) is 18.8 Å². The number of hydrogen-bond acceptors (Lipinski definition) is 3. The third-order valence-electron chi connectivity index (χ3n) is 2.68. The Balaban J connectivity index is 2.28. The third-order valence-corrected chi connectivity index (χ3v) is 2.68. The summed E-state index contributed by atoms with van der Waals surface area (Å²) in [6, 6.07) is 11.1. The zero-order chi connectivity index (χ0) is 13.0. The lowest BCUT2D eigenvalue weighted by molar-refractivity contribution is 0.0961. The van der Waals surface area contributed by atoms with Crippen LogP contribution in [0.3, 0.4) is 0 Å². The molecule has 2 rings (SSSR count). The molecule has 0 saturated heterocycles. The first-order valence-electron chi connectivity index (χ1n) is 5.84. The molecule has 4 heteroatoms. The molecule has 94 valence electrons. The smallest absolute Gasteiger partial charge is 0.293 e. The number of amides is 1. The number of carbonyl (C=O) groups is 1. The molecule has 0 aliphatic carbocycles. The first-order valence-corrected chi connectivity index (χ1v) is 5.84. The number of carbonyl (C=O) groups excluding carboxylic acids is 1. The van der Waals surface area contributed by atoms with Gasteiger partial charge in [0.05, 0.1) is 6.26 Å². The van der Waals surface area contributed by atoms with Crippen LogP contribution in [0.25, 0.3) is 0 Å². The number of anilines is 1. The maximum atomic E-state index is 12.3. The van der Waals surface area contributed by atoms with Crippen LogP contribution in [0.15, 0.2) is 47.1 Å². The summed E-state index contributed by atoms with van der Waals surface area (Å²) in [6.45, 7) is 2.87. The van der Waals surface area contributed by atoms with Gasteiger partial charge in [0.25, 0.3) is 5.91 Å². The summed E-state index contributed by atoms with van der Waals surface area (Å²) in [5.74, 6) is 0.151. The van der Waals surface area contributed by atoms with Gasteiger partial charge < -0.3 is 15.1 Å². The van der Waals surface area contributed by atoms with Crippen molar-refractivity contribution in [3.8, 4) is 0 Å². The number of nitrogens with zero attached hydrogens (tertiary/aromatic N) is 1. The first kappa shape index (κ1) is 12.4. The number of nitrogens with two attached hydrogens (primary N) is 1. The van der Waals surface area contributed by atoms with Crippen molar-refractivity contribution in [2.45, 2.75) is 6.92 Å². The van der Waals surface area contributed by atoms with Crippen molar-refractivity contribution in [3.05, 3.63) is 54.0 Å². The van der Waals surface area contributed by atoms with E-state index in [9.17, 15) is 4.79 Å². The van der Waals surface area contributed by atoms with Crippen LogP contribution in [0.4, 0.5) is 5.69 Å². The molecule has 0 atom stereocenters. The minimum atomic E-state index is -0.172. The van der Waals surface area contributed by atoms with Crippen LogP contribution in [-0.2, 0) is 0 Å². The van der Waals surface area contributed by atoms with Crippen molar-refractivity contribution in [2.24, 2.45) is 5.73 Å². The van der Waals surface area contributed by atoms with E-state index >= 15 is 0 Å². The van der Waals surface area contributed by atoms with E-state index in [1.54, 1.807) is 17.0 Å². The maximum Gasteiger partial charge on any atom is 0.293 e. The minimum Gasteiger partial charge on any atom is -0.459 e. The highest BCUT2D eigenvalue weighted by atomic mass is 16.3. The highest BCUT2D eigenvalue weighted by molar-refractivity contribution is 6.04. The van der Waals surface area contributed by atoms with E-state index < -0.39 is 0 Å². The summed E-state index contributed by atoms with van der Waals surface area (Å²) in [5.41, 5.74) is 7.54. The molecule has 0 fully saturated rings. The lowest BCUT2D eigenvalue weighted by Crippen LogP contribution is -2.35. The molecule has 0 aliphatic rings. The monoisotopic (exact) mass is 244 g/mol. The fourth-order valence-corrected chi connectivity index (χ4v) is 1.73. The Bertz CT molecular complexity index is 503. The number of rotatable bonds is 4. The largest absolute Gasteiger partial charge is 0.459 e. The molecule has 18 heavy (non-hydrogen) atoms. The Morgan fingerprint density at radius 1 is 1.28 bits per heavy atom. The van der Waals surface area contributed by atoms with Crippen molar-refractivity contribution in [3.63, 3.8) is 0 Å². The van der Waals surface area contributed by atoms with Gasteiger partial charge in [-0.3, -0.25) is 4.79 Å². The van der Waals surface area contributed by atoms with Crippen LogP contribution in [0, 0.1) is 6.92 Å². The molecular weight excluding hydrogens is 228 g/mol. The van der Waals surface area contributed by atoms with Gasteiger partial charge in [0.1, 0.15) is 0 Å². The average molecular weight is 244 g/mol. The predicted octanol–water partition coefficient (Wildman–Crippen LogP) is 2.19. The minimum absolute atomic E-state index is 0.172. The van der Waals surface area contributed by atoms with Gasteiger partial charge in [-0.15, -0.1) is 0 Å². The molecule has 0 aliphatic heterocycles. The molecular formula is C14H16N2O2. The van der Waals surface area contributed by atoms with Crippen LogP contribution >= 0.6 is 0 Å². The Labute approximate surface area is 106 Å². The lowest BCUT2D eigenvalue weighted by atomic mass is 10.2. The quantitative estimate of drug-likeness (QED) is 0.896. The maximum absolute atomic E-state index is 12.3. The predicted molar refractivity (Wildman–Crippen MR) is 70.6 cm³/mol. The zero-order valence-corrected chi connectivity index (χ0v) is 10.3. The number of benzene rings is 1.